The summed E-state index contributed by atoms with van der Waals surface area (Å²) in [5.74, 6) is 0. The number of pyridine rings is 2. The first-order chi connectivity index (χ1) is 9.65. The zero-order valence-corrected chi connectivity index (χ0v) is 14.2. The Balaban J connectivity index is 0.00000161. The van der Waals surface area contributed by atoms with Crippen LogP contribution < -0.4 is 5.56 Å². The van der Waals surface area contributed by atoms with Gasteiger partial charge in [0.2, 0.25) is 0 Å². The summed E-state index contributed by atoms with van der Waals surface area (Å²) in [6.07, 6.45) is 2.17. The Morgan fingerprint density at radius 2 is 1.90 bits per heavy atom. The minimum atomic E-state index is -0.469. The SMILES string of the molecule is Br.O=c1cc(Cc2ccc(Br)cc2)c2cccnc2n1O. The predicted octanol–water partition coefficient (Wildman–Crippen LogP) is 3.57. The summed E-state index contributed by atoms with van der Waals surface area (Å²) in [7, 11) is 0. The van der Waals surface area contributed by atoms with Gasteiger partial charge in [0.1, 0.15) is 0 Å². The lowest BCUT2D eigenvalue weighted by Crippen LogP contribution is -2.19. The third kappa shape index (κ3) is 3.16. The van der Waals surface area contributed by atoms with E-state index in [4.69, 9.17) is 0 Å². The molecule has 21 heavy (non-hydrogen) atoms. The van der Waals surface area contributed by atoms with Gasteiger partial charge in [-0.15, -0.1) is 21.7 Å². The number of hydrogen-bond acceptors (Lipinski definition) is 3. The van der Waals surface area contributed by atoms with Crippen molar-refractivity contribution < 1.29 is 5.21 Å². The lowest BCUT2D eigenvalue weighted by molar-refractivity contribution is 0.186. The largest absolute Gasteiger partial charge is 0.423 e. The van der Waals surface area contributed by atoms with Gasteiger partial charge in [0, 0.05) is 22.1 Å². The van der Waals surface area contributed by atoms with Crippen LogP contribution in [0.1, 0.15) is 11.1 Å². The normalized spacial score (nSPS) is 10.3. The Labute approximate surface area is 139 Å². The molecule has 3 aromatic rings. The smallest absolute Gasteiger partial charge is 0.285 e. The van der Waals surface area contributed by atoms with Gasteiger partial charge in [-0.2, -0.15) is 0 Å². The van der Waals surface area contributed by atoms with E-state index in [0.29, 0.717) is 11.2 Å². The molecule has 2 heterocycles. The molecule has 0 unspecified atom stereocenters. The maximum atomic E-state index is 11.8. The molecule has 1 aromatic carbocycles. The summed E-state index contributed by atoms with van der Waals surface area (Å²) < 4.78 is 1.60. The zero-order valence-electron chi connectivity index (χ0n) is 10.9. The van der Waals surface area contributed by atoms with Gasteiger partial charge >= 0.3 is 0 Å². The summed E-state index contributed by atoms with van der Waals surface area (Å²) in [5, 5.41) is 10.5. The van der Waals surface area contributed by atoms with Crippen LogP contribution in [-0.4, -0.2) is 14.9 Å². The van der Waals surface area contributed by atoms with Crippen LogP contribution in [0, 0.1) is 0 Å². The van der Waals surface area contributed by atoms with E-state index in [2.05, 4.69) is 20.9 Å². The molecular weight excluding hydrogens is 400 g/mol. The molecule has 0 saturated carbocycles. The third-order valence-electron chi connectivity index (χ3n) is 3.15. The second kappa shape index (κ2) is 6.41. The van der Waals surface area contributed by atoms with Crippen molar-refractivity contribution in [2.75, 3.05) is 0 Å². The lowest BCUT2D eigenvalue weighted by Gasteiger charge is -2.08. The molecule has 0 aliphatic rings. The van der Waals surface area contributed by atoms with Crippen LogP contribution in [-0.2, 0) is 6.42 Å². The van der Waals surface area contributed by atoms with E-state index in [1.807, 2.05) is 30.3 Å². The van der Waals surface area contributed by atoms with Gasteiger partial charge in [-0.05, 0) is 41.8 Å². The number of fused-ring (bicyclic) bond motifs is 1. The van der Waals surface area contributed by atoms with Crippen LogP contribution in [0.15, 0.2) is 57.9 Å². The maximum Gasteiger partial charge on any atom is 0.285 e. The molecular formula is C15H12Br2N2O2. The Bertz CT molecular complexity index is 829. The Hall–Kier alpha value is -1.66. The van der Waals surface area contributed by atoms with Gasteiger partial charge in [-0.25, -0.2) is 4.98 Å². The lowest BCUT2D eigenvalue weighted by atomic mass is 10.0. The van der Waals surface area contributed by atoms with Crippen molar-refractivity contribution in [2.24, 2.45) is 0 Å². The monoisotopic (exact) mass is 410 g/mol. The van der Waals surface area contributed by atoms with Crippen molar-refractivity contribution in [3.8, 4) is 0 Å². The predicted molar refractivity (Wildman–Crippen MR) is 90.5 cm³/mol. The fraction of sp³-hybridized carbons (Fsp3) is 0.0667. The van der Waals surface area contributed by atoms with Crippen molar-refractivity contribution in [2.45, 2.75) is 6.42 Å². The number of nitrogens with zero attached hydrogens (tertiary/aromatic N) is 2. The number of hydrogen-bond donors (Lipinski definition) is 1. The average molecular weight is 412 g/mol. The number of rotatable bonds is 2. The minimum Gasteiger partial charge on any atom is -0.423 e. The summed E-state index contributed by atoms with van der Waals surface area (Å²) in [6, 6.07) is 13.0. The van der Waals surface area contributed by atoms with Crippen LogP contribution >= 0.6 is 32.9 Å². The molecule has 0 spiro atoms. The van der Waals surface area contributed by atoms with E-state index < -0.39 is 5.56 Å². The molecule has 0 aliphatic carbocycles. The highest BCUT2D eigenvalue weighted by atomic mass is 79.9. The molecule has 6 heteroatoms. The maximum absolute atomic E-state index is 11.8. The van der Waals surface area contributed by atoms with Gasteiger partial charge in [-0.3, -0.25) is 4.79 Å². The van der Waals surface area contributed by atoms with E-state index in [1.165, 1.54) is 6.07 Å². The van der Waals surface area contributed by atoms with Gasteiger partial charge in [-0.1, -0.05) is 28.1 Å². The minimum absolute atomic E-state index is 0. The van der Waals surface area contributed by atoms with E-state index >= 15 is 0 Å². The first-order valence-corrected chi connectivity index (χ1v) is 6.88. The molecule has 108 valence electrons. The fourth-order valence-electron chi connectivity index (χ4n) is 2.18. The Kier molecular flexibility index (Phi) is 4.80. The molecule has 1 N–H and O–H groups in total. The molecule has 3 rings (SSSR count). The average Bonchev–Trinajstić information content (AvgIpc) is 2.47. The van der Waals surface area contributed by atoms with Crippen molar-refractivity contribution in [1.29, 1.82) is 0 Å². The van der Waals surface area contributed by atoms with Gasteiger partial charge in [0.25, 0.3) is 5.56 Å². The molecule has 0 amide bonds. The van der Waals surface area contributed by atoms with E-state index in [-0.39, 0.29) is 22.6 Å². The van der Waals surface area contributed by atoms with Crippen LogP contribution in [0.4, 0.5) is 0 Å². The van der Waals surface area contributed by atoms with Crippen molar-refractivity contribution in [3.63, 3.8) is 0 Å². The second-order valence-electron chi connectivity index (χ2n) is 4.50. The summed E-state index contributed by atoms with van der Waals surface area (Å²) in [5.41, 5.74) is 1.76. The number of benzene rings is 1. The van der Waals surface area contributed by atoms with Crippen LogP contribution in [0.3, 0.4) is 0 Å². The Morgan fingerprint density at radius 3 is 2.62 bits per heavy atom. The molecule has 0 bridgehead atoms. The summed E-state index contributed by atoms with van der Waals surface area (Å²) >= 11 is 3.40. The van der Waals surface area contributed by atoms with Crippen molar-refractivity contribution >= 4 is 43.9 Å². The zero-order chi connectivity index (χ0) is 14.1. The highest BCUT2D eigenvalue weighted by Crippen LogP contribution is 2.19. The van der Waals surface area contributed by atoms with Crippen molar-refractivity contribution in [1.82, 2.24) is 9.71 Å². The standard InChI is InChI=1S/C15H11BrN2O2.BrH/c16-12-5-3-10(4-6-12)8-11-9-14(19)18(20)15-13(11)2-1-7-17-15;/h1-7,9,20H,8H2;1H. The Morgan fingerprint density at radius 1 is 1.19 bits per heavy atom. The quantitative estimate of drug-likeness (QED) is 0.656. The highest BCUT2D eigenvalue weighted by molar-refractivity contribution is 9.10. The van der Waals surface area contributed by atoms with E-state index in [9.17, 15) is 10.0 Å². The van der Waals surface area contributed by atoms with E-state index in [1.54, 1.807) is 12.3 Å². The molecule has 2 aromatic heterocycles. The number of aromatic nitrogens is 2. The molecule has 0 atom stereocenters. The van der Waals surface area contributed by atoms with Crippen LogP contribution in [0.5, 0.6) is 0 Å². The third-order valence-corrected chi connectivity index (χ3v) is 3.68. The van der Waals surface area contributed by atoms with Crippen LogP contribution in [0.2, 0.25) is 0 Å². The molecule has 0 saturated heterocycles. The fourth-order valence-corrected chi connectivity index (χ4v) is 2.44. The first-order valence-electron chi connectivity index (χ1n) is 6.08. The summed E-state index contributed by atoms with van der Waals surface area (Å²) in [4.78, 5) is 15.8. The molecule has 4 nitrogen and oxygen atoms in total. The first kappa shape index (κ1) is 15.7. The van der Waals surface area contributed by atoms with Gasteiger partial charge in [0.15, 0.2) is 5.65 Å². The molecule has 0 fully saturated rings. The molecule has 0 radical (unpaired) electrons. The van der Waals surface area contributed by atoms with E-state index in [0.717, 1.165) is 21.0 Å². The van der Waals surface area contributed by atoms with Crippen LogP contribution in [0.25, 0.3) is 11.0 Å². The number of halogens is 2. The molecule has 0 aliphatic heterocycles. The van der Waals surface area contributed by atoms with Crippen molar-refractivity contribution in [3.05, 3.63) is 74.6 Å². The van der Waals surface area contributed by atoms with Gasteiger partial charge < -0.3 is 5.21 Å². The highest BCUT2D eigenvalue weighted by Gasteiger charge is 2.09. The summed E-state index contributed by atoms with van der Waals surface area (Å²) in [6.45, 7) is 0. The second-order valence-corrected chi connectivity index (χ2v) is 5.41. The topological polar surface area (TPSA) is 55.1 Å². The van der Waals surface area contributed by atoms with Gasteiger partial charge in [0.05, 0.1) is 0 Å².